The van der Waals surface area contributed by atoms with E-state index in [0.29, 0.717) is 0 Å². The average molecular weight is 255 g/mol. The molecule has 16 heavy (non-hydrogen) atoms. The number of rotatable bonds is 3. The molecular formula is C10H13NO3SSi. The van der Waals surface area contributed by atoms with E-state index in [1.165, 1.54) is 19.3 Å². The van der Waals surface area contributed by atoms with Gasteiger partial charge in [0.15, 0.2) is 9.29 Å². The monoisotopic (exact) mass is 255 g/mol. The van der Waals surface area contributed by atoms with Crippen LogP contribution in [0, 0.1) is 18.4 Å². The Hall–Kier alpha value is -1.32. The summed E-state index contributed by atoms with van der Waals surface area (Å²) in [5.74, 6) is 0. The SMILES string of the molecule is Cc1ccc(S(=O)(=O)[Si](C)(C)OC#N)cc1. The number of nitrogens with zero attached hydrogens (tertiary/aromatic N) is 1. The molecule has 0 radical (unpaired) electrons. The van der Waals surface area contributed by atoms with Gasteiger partial charge in [-0.3, -0.25) is 0 Å². The largest absolute Gasteiger partial charge is 0.465 e. The smallest absolute Gasteiger partial charge is 0.396 e. The molecule has 0 N–H and O–H groups in total. The fourth-order valence-electron chi connectivity index (χ4n) is 1.17. The van der Waals surface area contributed by atoms with Crippen LogP contribution in [0.1, 0.15) is 5.56 Å². The summed E-state index contributed by atoms with van der Waals surface area (Å²) in [5, 5.41) is 8.45. The summed E-state index contributed by atoms with van der Waals surface area (Å²) in [5.41, 5.74) is 0.986. The molecule has 6 heteroatoms. The van der Waals surface area contributed by atoms with Crippen LogP contribution in [0.5, 0.6) is 0 Å². The summed E-state index contributed by atoms with van der Waals surface area (Å²) in [4.78, 5) is 0.213. The van der Waals surface area contributed by atoms with Crippen molar-refractivity contribution >= 4 is 16.8 Å². The van der Waals surface area contributed by atoms with E-state index in [4.69, 9.17) is 9.69 Å². The van der Waals surface area contributed by atoms with Crippen molar-refractivity contribution in [2.45, 2.75) is 24.9 Å². The van der Waals surface area contributed by atoms with Gasteiger partial charge in [-0.2, -0.15) is 5.26 Å². The van der Waals surface area contributed by atoms with Crippen LogP contribution in [0.3, 0.4) is 0 Å². The molecule has 0 spiro atoms. The normalized spacial score (nSPS) is 11.9. The molecule has 0 saturated carbocycles. The lowest BCUT2D eigenvalue weighted by Crippen LogP contribution is -2.39. The zero-order valence-corrected chi connectivity index (χ0v) is 11.2. The van der Waals surface area contributed by atoms with Crippen molar-refractivity contribution in [3.63, 3.8) is 0 Å². The topological polar surface area (TPSA) is 67.2 Å². The lowest BCUT2D eigenvalue weighted by molar-refractivity contribution is 0.509. The van der Waals surface area contributed by atoms with E-state index in [1.807, 2.05) is 6.92 Å². The number of hydrogen-bond acceptors (Lipinski definition) is 4. The second-order valence-electron chi connectivity index (χ2n) is 3.91. The summed E-state index contributed by atoms with van der Waals surface area (Å²) in [6.45, 7) is 4.86. The highest BCUT2D eigenvalue weighted by Gasteiger charge is 2.43. The van der Waals surface area contributed by atoms with Crippen LogP contribution in [0.2, 0.25) is 13.1 Å². The Balaban J connectivity index is 3.23. The molecule has 1 aromatic rings. The molecule has 0 aliphatic rings. The first-order chi connectivity index (χ1) is 7.31. The molecule has 1 aromatic carbocycles. The minimum atomic E-state index is -3.52. The lowest BCUT2D eigenvalue weighted by Gasteiger charge is -2.18. The van der Waals surface area contributed by atoms with Crippen molar-refractivity contribution in [1.82, 2.24) is 0 Å². The minimum absolute atomic E-state index is 0.213. The Morgan fingerprint density at radius 1 is 1.25 bits per heavy atom. The minimum Gasteiger partial charge on any atom is -0.465 e. The van der Waals surface area contributed by atoms with E-state index in [2.05, 4.69) is 0 Å². The highest BCUT2D eigenvalue weighted by molar-refractivity contribution is 8.21. The first-order valence-corrected chi connectivity index (χ1v) is 9.81. The highest BCUT2D eigenvalue weighted by atomic mass is 32.4. The summed E-state index contributed by atoms with van der Waals surface area (Å²) in [6, 6.07) is 6.54. The predicted molar refractivity (Wildman–Crippen MR) is 62.5 cm³/mol. The van der Waals surface area contributed by atoms with Gasteiger partial charge in [0.25, 0.3) is 6.26 Å². The second-order valence-corrected chi connectivity index (χ2v) is 13.0. The van der Waals surface area contributed by atoms with Crippen molar-refractivity contribution in [2.24, 2.45) is 0 Å². The van der Waals surface area contributed by atoms with Crippen molar-refractivity contribution in [2.75, 3.05) is 0 Å². The van der Waals surface area contributed by atoms with Crippen molar-refractivity contribution in [3.05, 3.63) is 29.8 Å². The van der Waals surface area contributed by atoms with E-state index in [0.717, 1.165) is 5.56 Å². The number of nitriles is 1. The molecule has 86 valence electrons. The molecule has 0 saturated heterocycles. The zero-order valence-electron chi connectivity index (χ0n) is 9.39. The molecule has 1 rings (SSSR count). The van der Waals surface area contributed by atoms with Gasteiger partial charge < -0.3 is 4.43 Å². The Morgan fingerprint density at radius 2 is 1.75 bits per heavy atom. The lowest BCUT2D eigenvalue weighted by atomic mass is 10.2. The first kappa shape index (κ1) is 12.7. The van der Waals surface area contributed by atoms with Crippen LogP contribution < -0.4 is 0 Å². The third-order valence-electron chi connectivity index (χ3n) is 2.27. The molecule has 4 nitrogen and oxygen atoms in total. The van der Waals surface area contributed by atoms with Crippen LogP contribution in [0.15, 0.2) is 29.2 Å². The van der Waals surface area contributed by atoms with E-state index in [9.17, 15) is 8.42 Å². The Labute approximate surface area is 96.2 Å². The number of benzene rings is 1. The molecule has 0 aromatic heterocycles. The third-order valence-corrected chi connectivity index (χ3v) is 9.88. The van der Waals surface area contributed by atoms with E-state index in [-0.39, 0.29) is 4.90 Å². The van der Waals surface area contributed by atoms with Gasteiger partial charge in [-0.1, -0.05) is 17.7 Å². The van der Waals surface area contributed by atoms with E-state index < -0.39 is 16.8 Å². The molecular weight excluding hydrogens is 242 g/mol. The van der Waals surface area contributed by atoms with Crippen LogP contribution in [0.4, 0.5) is 0 Å². The fraction of sp³-hybridized carbons (Fsp3) is 0.300. The maximum atomic E-state index is 12.1. The van der Waals surface area contributed by atoms with Gasteiger partial charge in [-0.25, -0.2) is 8.42 Å². The standard InChI is InChI=1S/C10H13NO3SSi/c1-9-4-6-10(7-5-9)15(12,13)16(2,3)14-8-11/h4-7H,1-3H3. The quantitative estimate of drug-likeness (QED) is 0.611. The van der Waals surface area contributed by atoms with E-state index >= 15 is 0 Å². The summed E-state index contributed by atoms with van der Waals surface area (Å²) in [7, 11) is -6.60. The van der Waals surface area contributed by atoms with E-state index in [1.54, 1.807) is 24.3 Å². The molecule has 0 bridgehead atoms. The highest BCUT2D eigenvalue weighted by Crippen LogP contribution is 2.23. The maximum Gasteiger partial charge on any atom is 0.396 e. The molecule has 0 aliphatic carbocycles. The van der Waals surface area contributed by atoms with Gasteiger partial charge in [-0.15, -0.1) is 0 Å². The van der Waals surface area contributed by atoms with Gasteiger partial charge in [0, 0.05) is 0 Å². The van der Waals surface area contributed by atoms with Gasteiger partial charge in [0.2, 0.25) is 0 Å². The molecule has 0 fully saturated rings. The maximum absolute atomic E-state index is 12.1. The van der Waals surface area contributed by atoms with Gasteiger partial charge in [-0.05, 0) is 32.2 Å². The van der Waals surface area contributed by atoms with Gasteiger partial charge in [0.05, 0.1) is 4.90 Å². The number of hydrogen-bond donors (Lipinski definition) is 0. The molecule has 0 atom stereocenters. The summed E-state index contributed by atoms with van der Waals surface area (Å²) in [6.07, 6.45) is 1.48. The summed E-state index contributed by atoms with van der Waals surface area (Å²) < 4.78 is 29.0. The molecule has 0 amide bonds. The van der Waals surface area contributed by atoms with Gasteiger partial charge in [0.1, 0.15) is 0 Å². The van der Waals surface area contributed by atoms with Crippen molar-refractivity contribution in [1.29, 1.82) is 5.26 Å². The van der Waals surface area contributed by atoms with Crippen LogP contribution in [-0.2, 0) is 13.7 Å². The third kappa shape index (κ3) is 2.26. The molecule has 0 aliphatic heterocycles. The molecule has 0 heterocycles. The van der Waals surface area contributed by atoms with Crippen molar-refractivity contribution < 1.29 is 12.8 Å². The fourth-order valence-corrected chi connectivity index (χ4v) is 5.11. The Bertz CT molecular complexity index is 514. The first-order valence-electron chi connectivity index (χ1n) is 4.69. The van der Waals surface area contributed by atoms with Crippen molar-refractivity contribution in [3.8, 4) is 6.26 Å². The Morgan fingerprint density at radius 3 is 2.19 bits per heavy atom. The number of aryl methyl sites for hydroxylation is 1. The van der Waals surface area contributed by atoms with Crippen LogP contribution in [-0.4, -0.2) is 15.9 Å². The van der Waals surface area contributed by atoms with Crippen LogP contribution >= 0.6 is 0 Å². The van der Waals surface area contributed by atoms with Gasteiger partial charge >= 0.3 is 7.47 Å². The average Bonchev–Trinajstić information content (AvgIpc) is 2.18. The van der Waals surface area contributed by atoms with Crippen LogP contribution in [0.25, 0.3) is 0 Å². The second kappa shape index (κ2) is 4.27. The summed E-state index contributed by atoms with van der Waals surface area (Å²) >= 11 is 0. The molecule has 0 unspecified atom stereocenters. The zero-order chi connectivity index (χ0) is 12.4. The predicted octanol–water partition coefficient (Wildman–Crippen LogP) is 1.97. The Kier molecular flexibility index (Phi) is 3.40.